The van der Waals surface area contributed by atoms with Crippen LogP contribution in [0.25, 0.3) is 0 Å². The van der Waals surface area contributed by atoms with Gasteiger partial charge < -0.3 is 0 Å². The summed E-state index contributed by atoms with van der Waals surface area (Å²) in [7, 11) is 0. The maximum absolute atomic E-state index is 11.6. The van der Waals surface area contributed by atoms with Crippen LogP contribution in [0.2, 0.25) is 0 Å². The number of hydrogen-bond donors (Lipinski definition) is 0. The van der Waals surface area contributed by atoms with E-state index in [0.717, 1.165) is 17.6 Å². The van der Waals surface area contributed by atoms with Crippen molar-refractivity contribution in [3.8, 4) is 0 Å². The first kappa shape index (κ1) is 13.2. The minimum Gasteiger partial charge on any atom is -0.289 e. The number of ketones is 1. The predicted molar refractivity (Wildman–Crippen MR) is 73.7 cm³/mol. The molecule has 88 valence electrons. The molecule has 0 amide bonds. The lowest BCUT2D eigenvalue weighted by molar-refractivity contribution is -0.114. The van der Waals surface area contributed by atoms with Gasteiger partial charge in [0.15, 0.2) is 5.78 Å². The van der Waals surface area contributed by atoms with Crippen molar-refractivity contribution in [2.75, 3.05) is 0 Å². The van der Waals surface area contributed by atoms with Crippen molar-refractivity contribution in [1.29, 1.82) is 0 Å². The molecule has 1 saturated carbocycles. The average Bonchev–Trinajstić information content (AvgIpc) is 2.35. The lowest BCUT2D eigenvalue weighted by atomic mass is 9.84. The fourth-order valence-corrected chi connectivity index (χ4v) is 1.43. The number of allylic oxidation sites excluding steroid dienone is 12. The fourth-order valence-electron chi connectivity index (χ4n) is 1.43. The third-order valence-electron chi connectivity index (χ3n) is 2.39. The van der Waals surface area contributed by atoms with Gasteiger partial charge in [-0.3, -0.25) is 4.79 Å². The minimum absolute atomic E-state index is 0.167. The zero-order valence-electron chi connectivity index (χ0n) is 10.4. The van der Waals surface area contributed by atoms with Crippen molar-refractivity contribution in [2.45, 2.75) is 20.3 Å². The van der Waals surface area contributed by atoms with Crippen LogP contribution in [0.5, 0.6) is 0 Å². The van der Waals surface area contributed by atoms with E-state index >= 15 is 0 Å². The summed E-state index contributed by atoms with van der Waals surface area (Å²) in [6.07, 6.45) is 20.0. The van der Waals surface area contributed by atoms with Crippen LogP contribution in [-0.2, 0) is 4.79 Å². The number of carbonyl (C=O) groups excluding carboxylic acids is 1. The first-order chi connectivity index (χ1) is 8.29. The molecule has 0 aromatic heterocycles. The van der Waals surface area contributed by atoms with E-state index < -0.39 is 0 Å². The summed E-state index contributed by atoms with van der Waals surface area (Å²) < 4.78 is 0. The summed E-state index contributed by atoms with van der Waals surface area (Å²) in [5.74, 6) is 0.167. The Morgan fingerprint density at radius 1 is 0.765 bits per heavy atom. The van der Waals surface area contributed by atoms with E-state index in [2.05, 4.69) is 0 Å². The van der Waals surface area contributed by atoms with Crippen LogP contribution in [0.4, 0.5) is 0 Å². The van der Waals surface area contributed by atoms with Crippen LogP contribution in [0.1, 0.15) is 20.3 Å². The standard InChI is InChI=1S/C16H18O/c1-3-5-7-9-11-14-13-15(16(14)17)12-10-8-6-4-2/h3-12H,13H2,1-2H3/b5-3+,6-4+,9-7+,10-8+,14-11+,15-12+. The molecule has 1 heteroatoms. The predicted octanol–water partition coefficient (Wildman–Crippen LogP) is 4.08. The number of rotatable bonds is 4. The molecule has 0 atom stereocenters. The van der Waals surface area contributed by atoms with Gasteiger partial charge in [0.2, 0.25) is 0 Å². The molecule has 1 aliphatic rings. The third-order valence-corrected chi connectivity index (χ3v) is 2.39. The highest BCUT2D eigenvalue weighted by Crippen LogP contribution is 2.28. The molecule has 0 unspecified atom stereocenters. The molecular formula is C16H18O. The molecule has 0 aromatic carbocycles. The van der Waals surface area contributed by atoms with E-state index in [-0.39, 0.29) is 5.78 Å². The quantitative estimate of drug-likeness (QED) is 0.521. The van der Waals surface area contributed by atoms with Gasteiger partial charge in [0, 0.05) is 17.6 Å². The molecule has 0 aliphatic heterocycles. The number of Topliss-reactive ketones (excluding diaryl/α,β-unsaturated/α-hetero) is 1. The second kappa shape index (κ2) is 7.39. The Kier molecular flexibility index (Phi) is 5.73. The Morgan fingerprint density at radius 3 is 1.59 bits per heavy atom. The van der Waals surface area contributed by atoms with E-state index in [0.29, 0.717) is 0 Å². The van der Waals surface area contributed by atoms with E-state index in [1.54, 1.807) is 0 Å². The van der Waals surface area contributed by atoms with Gasteiger partial charge in [-0.1, -0.05) is 60.8 Å². The summed E-state index contributed by atoms with van der Waals surface area (Å²) in [4.78, 5) is 11.6. The summed E-state index contributed by atoms with van der Waals surface area (Å²) in [5.41, 5.74) is 1.77. The lowest BCUT2D eigenvalue weighted by Crippen LogP contribution is -2.18. The molecule has 0 N–H and O–H groups in total. The van der Waals surface area contributed by atoms with E-state index in [4.69, 9.17) is 0 Å². The van der Waals surface area contributed by atoms with Crippen molar-refractivity contribution in [3.63, 3.8) is 0 Å². The van der Waals surface area contributed by atoms with Crippen LogP contribution in [0.15, 0.2) is 71.9 Å². The van der Waals surface area contributed by atoms with E-state index in [1.165, 1.54) is 0 Å². The van der Waals surface area contributed by atoms with Gasteiger partial charge >= 0.3 is 0 Å². The molecule has 0 saturated heterocycles. The zero-order chi connectivity index (χ0) is 12.5. The Hall–Kier alpha value is -1.89. The Morgan fingerprint density at radius 2 is 1.24 bits per heavy atom. The zero-order valence-corrected chi connectivity index (χ0v) is 10.4. The van der Waals surface area contributed by atoms with Crippen molar-refractivity contribution in [1.82, 2.24) is 0 Å². The van der Waals surface area contributed by atoms with Crippen molar-refractivity contribution in [3.05, 3.63) is 71.9 Å². The Bertz CT molecular complexity index is 400. The van der Waals surface area contributed by atoms with Gasteiger partial charge in [-0.15, -0.1) is 0 Å². The minimum atomic E-state index is 0.167. The second-order valence-electron chi connectivity index (χ2n) is 3.71. The number of carbonyl (C=O) groups is 1. The van der Waals surface area contributed by atoms with Crippen LogP contribution in [0, 0.1) is 0 Å². The van der Waals surface area contributed by atoms with Gasteiger partial charge in [0.05, 0.1) is 0 Å². The molecule has 1 nitrogen and oxygen atoms in total. The van der Waals surface area contributed by atoms with Gasteiger partial charge in [-0.05, 0) is 13.8 Å². The van der Waals surface area contributed by atoms with Crippen molar-refractivity contribution in [2.24, 2.45) is 0 Å². The highest BCUT2D eigenvalue weighted by Gasteiger charge is 2.25. The highest BCUT2D eigenvalue weighted by atomic mass is 16.1. The van der Waals surface area contributed by atoms with Gasteiger partial charge in [-0.25, -0.2) is 0 Å². The van der Waals surface area contributed by atoms with Crippen molar-refractivity contribution >= 4 is 5.78 Å². The maximum atomic E-state index is 11.6. The molecule has 17 heavy (non-hydrogen) atoms. The SMILES string of the molecule is C/C=C/C=C/C=C1\C\C(=C/C=C/C=C/C)C1=O. The Balaban J connectivity index is 2.52. The lowest BCUT2D eigenvalue weighted by Gasteiger charge is -2.18. The van der Waals surface area contributed by atoms with Crippen molar-refractivity contribution < 1.29 is 4.79 Å². The van der Waals surface area contributed by atoms with Crippen LogP contribution in [-0.4, -0.2) is 5.78 Å². The molecule has 1 aliphatic carbocycles. The summed E-state index contributed by atoms with van der Waals surface area (Å²) >= 11 is 0. The molecule has 1 rings (SSSR count). The highest BCUT2D eigenvalue weighted by molar-refractivity contribution is 6.16. The largest absolute Gasteiger partial charge is 0.289 e. The normalized spacial score (nSPS) is 21.9. The first-order valence-electron chi connectivity index (χ1n) is 5.81. The Labute approximate surface area is 103 Å². The van der Waals surface area contributed by atoms with Crippen LogP contribution >= 0.6 is 0 Å². The summed E-state index contributed by atoms with van der Waals surface area (Å²) in [6, 6.07) is 0. The molecular weight excluding hydrogens is 208 g/mol. The number of hydrogen-bond acceptors (Lipinski definition) is 1. The summed E-state index contributed by atoms with van der Waals surface area (Å²) in [5, 5.41) is 0. The average molecular weight is 226 g/mol. The maximum Gasteiger partial charge on any atom is 0.185 e. The fraction of sp³-hybridized carbons (Fsp3) is 0.188. The molecule has 0 heterocycles. The van der Waals surface area contributed by atoms with Crippen LogP contribution < -0.4 is 0 Å². The van der Waals surface area contributed by atoms with E-state index in [1.807, 2.05) is 74.6 Å². The third kappa shape index (κ3) is 4.23. The summed E-state index contributed by atoms with van der Waals surface area (Å²) in [6.45, 7) is 3.92. The molecule has 1 fully saturated rings. The van der Waals surface area contributed by atoms with Gasteiger partial charge in [0.25, 0.3) is 0 Å². The smallest absolute Gasteiger partial charge is 0.185 e. The van der Waals surface area contributed by atoms with Gasteiger partial charge in [-0.2, -0.15) is 0 Å². The van der Waals surface area contributed by atoms with Gasteiger partial charge in [0.1, 0.15) is 0 Å². The first-order valence-corrected chi connectivity index (χ1v) is 5.81. The molecule has 0 aromatic rings. The monoisotopic (exact) mass is 226 g/mol. The molecule has 0 bridgehead atoms. The van der Waals surface area contributed by atoms with E-state index in [9.17, 15) is 4.79 Å². The molecule has 0 spiro atoms. The second-order valence-corrected chi connectivity index (χ2v) is 3.71. The molecule has 0 radical (unpaired) electrons. The topological polar surface area (TPSA) is 17.1 Å². The van der Waals surface area contributed by atoms with Crippen LogP contribution in [0.3, 0.4) is 0 Å².